The molecule has 2 aromatic carbocycles. The van der Waals surface area contributed by atoms with E-state index in [2.05, 4.69) is 67.5 Å². The van der Waals surface area contributed by atoms with Gasteiger partial charge in [0.15, 0.2) is 0 Å². The van der Waals surface area contributed by atoms with Crippen LogP contribution in [0.5, 0.6) is 0 Å². The molecular formula is C22H23N3O. The van der Waals surface area contributed by atoms with Crippen LogP contribution in [0.25, 0.3) is 11.0 Å². The van der Waals surface area contributed by atoms with Crippen molar-refractivity contribution in [3.05, 3.63) is 83.8 Å². The number of hydrogen-bond donors (Lipinski definition) is 0. The van der Waals surface area contributed by atoms with Gasteiger partial charge in [0.05, 0.1) is 11.8 Å². The van der Waals surface area contributed by atoms with Crippen LogP contribution in [0.1, 0.15) is 43.7 Å². The van der Waals surface area contributed by atoms with Crippen molar-refractivity contribution in [1.82, 2.24) is 15.0 Å². The second-order valence-corrected chi connectivity index (χ2v) is 7.72. The number of rotatable bonds is 4. The van der Waals surface area contributed by atoms with Crippen molar-refractivity contribution in [1.29, 1.82) is 0 Å². The van der Waals surface area contributed by atoms with Gasteiger partial charge in [-0.2, -0.15) is 0 Å². The fraction of sp³-hybridized carbons (Fsp3) is 0.273. The molecule has 0 N–H and O–H groups in total. The first-order chi connectivity index (χ1) is 12.5. The van der Waals surface area contributed by atoms with Gasteiger partial charge in [0.1, 0.15) is 17.3 Å². The Morgan fingerprint density at radius 2 is 1.73 bits per heavy atom. The van der Waals surface area contributed by atoms with Crippen LogP contribution in [0, 0.1) is 0 Å². The fourth-order valence-electron chi connectivity index (χ4n) is 3.18. The SMILES string of the molecule is CC(C)(C)c1coc(C(Cc2ccccc2)n2nnc3ccccc32)c1. The molecule has 0 aliphatic carbocycles. The van der Waals surface area contributed by atoms with Gasteiger partial charge in [0.2, 0.25) is 0 Å². The molecule has 4 heteroatoms. The topological polar surface area (TPSA) is 43.9 Å². The summed E-state index contributed by atoms with van der Waals surface area (Å²) in [5.41, 5.74) is 4.39. The van der Waals surface area contributed by atoms with E-state index in [0.29, 0.717) is 0 Å². The Morgan fingerprint density at radius 1 is 1.00 bits per heavy atom. The summed E-state index contributed by atoms with van der Waals surface area (Å²) < 4.78 is 7.99. The molecule has 0 saturated heterocycles. The Labute approximate surface area is 153 Å². The van der Waals surface area contributed by atoms with E-state index in [1.165, 1.54) is 11.1 Å². The van der Waals surface area contributed by atoms with E-state index in [9.17, 15) is 0 Å². The molecule has 0 aliphatic heterocycles. The van der Waals surface area contributed by atoms with Crippen LogP contribution in [-0.4, -0.2) is 15.0 Å². The third kappa shape index (κ3) is 3.15. The van der Waals surface area contributed by atoms with E-state index in [1.807, 2.05) is 35.2 Å². The predicted octanol–water partition coefficient (Wildman–Crippen LogP) is 5.15. The lowest BCUT2D eigenvalue weighted by atomic mass is 9.88. The van der Waals surface area contributed by atoms with Crippen LogP contribution in [-0.2, 0) is 11.8 Å². The summed E-state index contributed by atoms with van der Waals surface area (Å²) in [6.07, 6.45) is 2.66. The van der Waals surface area contributed by atoms with Crippen molar-refractivity contribution in [3.8, 4) is 0 Å². The molecule has 2 aromatic heterocycles. The summed E-state index contributed by atoms with van der Waals surface area (Å²) in [6.45, 7) is 6.58. The Kier molecular flexibility index (Phi) is 4.11. The van der Waals surface area contributed by atoms with E-state index < -0.39 is 0 Å². The maximum absolute atomic E-state index is 6.01. The number of para-hydroxylation sites is 1. The predicted molar refractivity (Wildman–Crippen MR) is 103 cm³/mol. The first-order valence-electron chi connectivity index (χ1n) is 8.95. The zero-order chi connectivity index (χ0) is 18.1. The van der Waals surface area contributed by atoms with Crippen LogP contribution in [0.2, 0.25) is 0 Å². The zero-order valence-corrected chi connectivity index (χ0v) is 15.4. The summed E-state index contributed by atoms with van der Waals surface area (Å²) >= 11 is 0. The summed E-state index contributed by atoms with van der Waals surface area (Å²) in [6, 6.07) is 20.6. The van der Waals surface area contributed by atoms with Gasteiger partial charge in [0.25, 0.3) is 0 Å². The van der Waals surface area contributed by atoms with Crippen LogP contribution < -0.4 is 0 Å². The Hall–Kier alpha value is -2.88. The first-order valence-corrected chi connectivity index (χ1v) is 8.95. The standard InChI is InChI=1S/C22H23N3O/c1-22(2,3)17-14-21(26-15-17)20(13-16-9-5-4-6-10-16)25-19-12-8-7-11-18(19)23-24-25/h4-12,14-15,20H,13H2,1-3H3. The zero-order valence-electron chi connectivity index (χ0n) is 15.4. The van der Waals surface area contributed by atoms with E-state index in [0.717, 1.165) is 23.2 Å². The third-order valence-electron chi connectivity index (χ3n) is 4.76. The van der Waals surface area contributed by atoms with Gasteiger partial charge < -0.3 is 4.42 Å². The van der Waals surface area contributed by atoms with Crippen LogP contribution in [0.4, 0.5) is 0 Å². The minimum Gasteiger partial charge on any atom is -0.467 e. The van der Waals surface area contributed by atoms with Gasteiger partial charge in [-0.05, 0) is 34.7 Å². The van der Waals surface area contributed by atoms with Crippen molar-refractivity contribution >= 4 is 11.0 Å². The van der Waals surface area contributed by atoms with Crippen LogP contribution in [0.15, 0.2) is 71.3 Å². The molecule has 1 atom stereocenters. The lowest BCUT2D eigenvalue weighted by Gasteiger charge is -2.17. The lowest BCUT2D eigenvalue weighted by Crippen LogP contribution is -2.15. The smallest absolute Gasteiger partial charge is 0.129 e. The van der Waals surface area contributed by atoms with Crippen molar-refractivity contribution in [2.24, 2.45) is 0 Å². The highest BCUT2D eigenvalue weighted by molar-refractivity contribution is 5.74. The van der Waals surface area contributed by atoms with Gasteiger partial charge in [0, 0.05) is 6.42 Å². The number of fused-ring (bicyclic) bond motifs is 1. The molecule has 0 radical (unpaired) electrons. The number of hydrogen-bond acceptors (Lipinski definition) is 3. The molecule has 4 aromatic rings. The van der Waals surface area contributed by atoms with E-state index in [1.54, 1.807) is 0 Å². The highest BCUT2D eigenvalue weighted by atomic mass is 16.3. The summed E-state index contributed by atoms with van der Waals surface area (Å²) in [5.74, 6) is 0.912. The van der Waals surface area contributed by atoms with Gasteiger partial charge >= 0.3 is 0 Å². The Balaban J connectivity index is 1.80. The average molecular weight is 345 g/mol. The van der Waals surface area contributed by atoms with E-state index in [4.69, 9.17) is 4.42 Å². The molecule has 0 aliphatic rings. The molecule has 26 heavy (non-hydrogen) atoms. The number of aromatic nitrogens is 3. The summed E-state index contributed by atoms with van der Waals surface area (Å²) in [5, 5.41) is 8.78. The maximum Gasteiger partial charge on any atom is 0.129 e. The molecule has 0 saturated carbocycles. The molecule has 4 rings (SSSR count). The summed E-state index contributed by atoms with van der Waals surface area (Å²) in [4.78, 5) is 0. The molecule has 0 spiro atoms. The van der Waals surface area contributed by atoms with Crippen LogP contribution in [0.3, 0.4) is 0 Å². The minimum atomic E-state index is -0.0408. The van der Waals surface area contributed by atoms with Crippen molar-refractivity contribution in [3.63, 3.8) is 0 Å². The average Bonchev–Trinajstić information content (AvgIpc) is 3.28. The molecule has 132 valence electrons. The maximum atomic E-state index is 6.01. The number of furan rings is 1. The van der Waals surface area contributed by atoms with Gasteiger partial charge in [-0.15, -0.1) is 5.10 Å². The lowest BCUT2D eigenvalue weighted by molar-refractivity contribution is 0.403. The Bertz CT molecular complexity index is 1010. The highest BCUT2D eigenvalue weighted by Crippen LogP contribution is 2.31. The quantitative estimate of drug-likeness (QED) is 0.513. The molecule has 1 unspecified atom stereocenters. The minimum absolute atomic E-state index is 0.0408. The monoisotopic (exact) mass is 345 g/mol. The first kappa shape index (κ1) is 16.6. The fourth-order valence-corrected chi connectivity index (χ4v) is 3.18. The summed E-state index contributed by atoms with van der Waals surface area (Å²) in [7, 11) is 0. The van der Waals surface area contributed by atoms with E-state index >= 15 is 0 Å². The second kappa shape index (κ2) is 6.45. The molecule has 0 bridgehead atoms. The second-order valence-electron chi connectivity index (χ2n) is 7.72. The number of benzene rings is 2. The molecule has 4 nitrogen and oxygen atoms in total. The van der Waals surface area contributed by atoms with Gasteiger partial charge in [-0.1, -0.05) is 68.4 Å². The number of nitrogens with zero attached hydrogens (tertiary/aromatic N) is 3. The van der Waals surface area contributed by atoms with Crippen molar-refractivity contribution < 1.29 is 4.42 Å². The molecule has 0 fully saturated rings. The van der Waals surface area contributed by atoms with Gasteiger partial charge in [-0.25, -0.2) is 4.68 Å². The normalized spacial score (nSPS) is 13.2. The van der Waals surface area contributed by atoms with Crippen molar-refractivity contribution in [2.75, 3.05) is 0 Å². The molecular weight excluding hydrogens is 322 g/mol. The molecule has 2 heterocycles. The third-order valence-corrected chi connectivity index (χ3v) is 4.76. The van der Waals surface area contributed by atoms with Crippen molar-refractivity contribution in [2.45, 2.75) is 38.6 Å². The highest BCUT2D eigenvalue weighted by Gasteiger charge is 2.24. The Morgan fingerprint density at radius 3 is 2.46 bits per heavy atom. The molecule has 0 amide bonds. The van der Waals surface area contributed by atoms with Gasteiger partial charge in [-0.3, -0.25) is 0 Å². The van der Waals surface area contributed by atoms with Crippen LogP contribution >= 0.6 is 0 Å². The van der Waals surface area contributed by atoms with E-state index in [-0.39, 0.29) is 11.5 Å². The largest absolute Gasteiger partial charge is 0.467 e.